The molecule has 1 aliphatic heterocycles. The van der Waals surface area contributed by atoms with Crippen LogP contribution in [0.3, 0.4) is 0 Å². The van der Waals surface area contributed by atoms with Gasteiger partial charge in [-0.2, -0.15) is 0 Å². The molecule has 0 spiro atoms. The molecule has 132 valence electrons. The molecule has 2 aromatic rings. The van der Waals surface area contributed by atoms with Crippen LogP contribution >= 0.6 is 0 Å². The van der Waals surface area contributed by atoms with Crippen LogP contribution in [0.1, 0.15) is 12.1 Å². The van der Waals surface area contributed by atoms with Crippen LogP contribution in [0.25, 0.3) is 11.0 Å². The van der Waals surface area contributed by atoms with Crippen molar-refractivity contribution in [3.8, 4) is 0 Å². The van der Waals surface area contributed by atoms with Crippen molar-refractivity contribution in [2.24, 2.45) is 0 Å². The number of amides is 2. The van der Waals surface area contributed by atoms with Crippen molar-refractivity contribution in [1.29, 1.82) is 0 Å². The third-order valence-electron chi connectivity index (χ3n) is 4.05. The monoisotopic (exact) mass is 344 g/mol. The Morgan fingerprint density at radius 2 is 2.16 bits per heavy atom. The molecule has 0 radical (unpaired) electrons. The Morgan fingerprint density at radius 1 is 1.32 bits per heavy atom. The zero-order valence-electron chi connectivity index (χ0n) is 13.8. The van der Waals surface area contributed by atoms with Crippen LogP contribution in [0.5, 0.6) is 0 Å². The predicted molar refractivity (Wildman–Crippen MR) is 91.1 cm³/mol. The number of aryl methyl sites for hydroxylation is 1. The van der Waals surface area contributed by atoms with E-state index in [-0.39, 0.29) is 36.8 Å². The van der Waals surface area contributed by atoms with Crippen molar-refractivity contribution in [3.63, 3.8) is 0 Å². The number of nitrogens with zero attached hydrogens (tertiary/aromatic N) is 2. The summed E-state index contributed by atoms with van der Waals surface area (Å²) < 4.78 is 5.05. The van der Waals surface area contributed by atoms with Gasteiger partial charge in [0.15, 0.2) is 0 Å². The van der Waals surface area contributed by atoms with Gasteiger partial charge >= 0.3 is 0 Å². The smallest absolute Gasteiger partial charge is 0.270 e. The van der Waals surface area contributed by atoms with Gasteiger partial charge in [0.2, 0.25) is 11.8 Å². The van der Waals surface area contributed by atoms with Gasteiger partial charge in [0, 0.05) is 32.5 Å². The first-order valence-electron chi connectivity index (χ1n) is 8.23. The highest BCUT2D eigenvalue weighted by Crippen LogP contribution is 2.06. The molecule has 2 heterocycles. The summed E-state index contributed by atoms with van der Waals surface area (Å²) >= 11 is 0. The van der Waals surface area contributed by atoms with Crippen LogP contribution in [0.15, 0.2) is 29.1 Å². The number of carbonyl (C=O) groups is 2. The number of nitrogens with one attached hydrogen (secondary N) is 2. The number of hydrogen-bond donors (Lipinski definition) is 2. The standard InChI is InChI=1S/C17H20N4O4/c22-15(18-7-8-21-9-10-25-11-16(21)23)6-5-14-17(24)20-13-4-2-1-3-12(13)19-14/h1-4H,5-11H2,(H,18,22)(H,20,24). The minimum Gasteiger partial charge on any atom is -0.370 e. The Hall–Kier alpha value is -2.74. The van der Waals surface area contributed by atoms with E-state index in [0.29, 0.717) is 43.0 Å². The Labute approximate surface area is 144 Å². The quantitative estimate of drug-likeness (QED) is 0.757. The summed E-state index contributed by atoms with van der Waals surface area (Å²) in [7, 11) is 0. The summed E-state index contributed by atoms with van der Waals surface area (Å²) in [5.41, 5.74) is 1.45. The average Bonchev–Trinajstić information content (AvgIpc) is 2.61. The van der Waals surface area contributed by atoms with E-state index in [1.165, 1.54) is 0 Å². The van der Waals surface area contributed by atoms with Gasteiger partial charge in [0.05, 0.1) is 17.6 Å². The molecule has 8 heteroatoms. The summed E-state index contributed by atoms with van der Waals surface area (Å²) in [6.45, 7) is 2.01. The number of aromatic nitrogens is 2. The average molecular weight is 344 g/mol. The van der Waals surface area contributed by atoms with Gasteiger partial charge in [0.25, 0.3) is 5.56 Å². The molecule has 2 amide bonds. The predicted octanol–water partition coefficient (Wildman–Crippen LogP) is -0.169. The first-order valence-corrected chi connectivity index (χ1v) is 8.23. The second kappa shape index (κ2) is 7.89. The Bertz CT molecular complexity index is 833. The Kier molecular flexibility index (Phi) is 5.39. The molecule has 1 aliphatic rings. The molecule has 3 rings (SSSR count). The summed E-state index contributed by atoms with van der Waals surface area (Å²) in [6.07, 6.45) is 0.438. The first kappa shape index (κ1) is 17.1. The molecular weight excluding hydrogens is 324 g/mol. The molecule has 0 aliphatic carbocycles. The first-order chi connectivity index (χ1) is 12.1. The van der Waals surface area contributed by atoms with Crippen LogP contribution in [0, 0.1) is 0 Å². The second-order valence-electron chi connectivity index (χ2n) is 5.81. The minimum absolute atomic E-state index is 0.0626. The number of morpholine rings is 1. The number of fused-ring (bicyclic) bond motifs is 1. The molecule has 2 N–H and O–H groups in total. The number of benzene rings is 1. The molecule has 8 nitrogen and oxygen atoms in total. The van der Waals surface area contributed by atoms with E-state index in [9.17, 15) is 14.4 Å². The maximum Gasteiger partial charge on any atom is 0.270 e. The van der Waals surface area contributed by atoms with Crippen molar-refractivity contribution >= 4 is 22.8 Å². The maximum absolute atomic E-state index is 12.0. The van der Waals surface area contributed by atoms with Gasteiger partial charge < -0.3 is 19.9 Å². The van der Waals surface area contributed by atoms with Crippen LogP contribution < -0.4 is 10.9 Å². The molecule has 0 unspecified atom stereocenters. The van der Waals surface area contributed by atoms with Gasteiger partial charge in [-0.05, 0) is 12.1 Å². The molecule has 25 heavy (non-hydrogen) atoms. The summed E-state index contributed by atoms with van der Waals surface area (Å²) in [5.74, 6) is -0.234. The van der Waals surface area contributed by atoms with Crippen molar-refractivity contribution in [1.82, 2.24) is 20.2 Å². The Morgan fingerprint density at radius 3 is 3.00 bits per heavy atom. The summed E-state index contributed by atoms with van der Waals surface area (Å²) in [4.78, 5) is 44.3. The number of H-pyrrole nitrogens is 1. The summed E-state index contributed by atoms with van der Waals surface area (Å²) in [6, 6.07) is 7.27. The topological polar surface area (TPSA) is 104 Å². The fourth-order valence-corrected chi connectivity index (χ4v) is 2.67. The van der Waals surface area contributed by atoms with E-state index in [2.05, 4.69) is 15.3 Å². The highest BCUT2D eigenvalue weighted by atomic mass is 16.5. The lowest BCUT2D eigenvalue weighted by atomic mass is 10.2. The molecule has 0 atom stereocenters. The van der Waals surface area contributed by atoms with Crippen LogP contribution in [-0.2, 0) is 20.7 Å². The highest BCUT2D eigenvalue weighted by molar-refractivity contribution is 5.78. The fraction of sp³-hybridized carbons (Fsp3) is 0.412. The lowest BCUT2D eigenvalue weighted by Crippen LogP contribution is -2.45. The number of para-hydroxylation sites is 2. The molecule has 1 fully saturated rings. The fourth-order valence-electron chi connectivity index (χ4n) is 2.67. The van der Waals surface area contributed by atoms with E-state index in [0.717, 1.165) is 0 Å². The lowest BCUT2D eigenvalue weighted by molar-refractivity contribution is -0.142. The highest BCUT2D eigenvalue weighted by Gasteiger charge is 2.18. The maximum atomic E-state index is 12.0. The molecule has 1 saturated heterocycles. The van der Waals surface area contributed by atoms with Crippen molar-refractivity contribution < 1.29 is 14.3 Å². The van der Waals surface area contributed by atoms with Crippen molar-refractivity contribution in [3.05, 3.63) is 40.3 Å². The molecule has 1 aromatic carbocycles. The van der Waals surface area contributed by atoms with Crippen molar-refractivity contribution in [2.45, 2.75) is 12.8 Å². The molecule has 0 bridgehead atoms. The normalized spacial score (nSPS) is 14.7. The number of ether oxygens (including phenoxy) is 1. The Balaban J connectivity index is 1.48. The summed E-state index contributed by atoms with van der Waals surface area (Å²) in [5, 5.41) is 2.76. The van der Waals surface area contributed by atoms with E-state index < -0.39 is 0 Å². The third kappa shape index (κ3) is 4.42. The van der Waals surface area contributed by atoms with Crippen LogP contribution in [-0.4, -0.2) is 59.5 Å². The van der Waals surface area contributed by atoms with Gasteiger partial charge in [-0.3, -0.25) is 14.4 Å². The molecule has 0 saturated carbocycles. The van der Waals surface area contributed by atoms with Crippen LogP contribution in [0.2, 0.25) is 0 Å². The van der Waals surface area contributed by atoms with Gasteiger partial charge in [-0.1, -0.05) is 12.1 Å². The van der Waals surface area contributed by atoms with E-state index in [1.807, 2.05) is 18.2 Å². The van der Waals surface area contributed by atoms with Gasteiger partial charge in [0.1, 0.15) is 12.3 Å². The second-order valence-corrected chi connectivity index (χ2v) is 5.81. The number of hydrogen-bond acceptors (Lipinski definition) is 5. The van der Waals surface area contributed by atoms with E-state index >= 15 is 0 Å². The number of rotatable bonds is 6. The zero-order chi connectivity index (χ0) is 17.6. The lowest BCUT2D eigenvalue weighted by Gasteiger charge is -2.26. The van der Waals surface area contributed by atoms with Crippen LogP contribution in [0.4, 0.5) is 0 Å². The number of aromatic amines is 1. The minimum atomic E-state index is -0.273. The van der Waals surface area contributed by atoms with E-state index in [1.54, 1.807) is 11.0 Å². The van der Waals surface area contributed by atoms with E-state index in [4.69, 9.17) is 4.74 Å². The van der Waals surface area contributed by atoms with Crippen molar-refractivity contribution in [2.75, 3.05) is 32.8 Å². The van der Waals surface area contributed by atoms with Gasteiger partial charge in [-0.25, -0.2) is 4.98 Å². The third-order valence-corrected chi connectivity index (χ3v) is 4.05. The molecular formula is C17H20N4O4. The number of carbonyl (C=O) groups excluding carboxylic acids is 2. The van der Waals surface area contributed by atoms with Gasteiger partial charge in [-0.15, -0.1) is 0 Å². The SMILES string of the molecule is O=C(CCc1nc2ccccc2[nH]c1=O)NCCN1CCOCC1=O. The largest absolute Gasteiger partial charge is 0.370 e. The molecule has 1 aromatic heterocycles. The zero-order valence-corrected chi connectivity index (χ0v) is 13.8.